The number of aromatic nitrogens is 3. The molecule has 0 aliphatic carbocycles. The molecule has 4 aliphatic rings. The van der Waals surface area contributed by atoms with E-state index in [-0.39, 0.29) is 35.1 Å². The van der Waals surface area contributed by atoms with Gasteiger partial charge in [0, 0.05) is 60.2 Å². The Morgan fingerprint density at radius 3 is 2.81 bits per heavy atom. The summed E-state index contributed by atoms with van der Waals surface area (Å²) in [5.41, 5.74) is 0.373. The van der Waals surface area contributed by atoms with Crippen molar-refractivity contribution in [3.8, 4) is 23.0 Å². The zero-order valence-corrected chi connectivity index (χ0v) is 24.8. The molecule has 224 valence electrons. The largest absolute Gasteiger partial charge is 0.508 e. The second-order valence-corrected chi connectivity index (χ2v) is 13.3. The van der Waals surface area contributed by atoms with Crippen molar-refractivity contribution < 1.29 is 18.6 Å². The van der Waals surface area contributed by atoms with Gasteiger partial charge in [-0.1, -0.05) is 12.1 Å². The highest BCUT2D eigenvalue weighted by molar-refractivity contribution is 7.98. The van der Waals surface area contributed by atoms with E-state index in [2.05, 4.69) is 25.1 Å². The number of rotatable bonds is 6. The second-order valence-electron chi connectivity index (χ2n) is 12.5. The number of fused-ring (bicyclic) bond motifs is 5. The summed E-state index contributed by atoms with van der Waals surface area (Å²) in [6.07, 6.45) is 7.23. The van der Waals surface area contributed by atoms with Gasteiger partial charge in [0.2, 0.25) is 0 Å². The minimum Gasteiger partial charge on any atom is -0.508 e. The number of hydrogen-bond donors (Lipinski definition) is 2. The summed E-state index contributed by atoms with van der Waals surface area (Å²) in [4.78, 5) is 19.5. The Hall–Kier alpha value is -3.28. The Morgan fingerprint density at radius 1 is 1.16 bits per heavy atom. The van der Waals surface area contributed by atoms with Gasteiger partial charge in [-0.15, -0.1) is 11.8 Å². The topological polar surface area (TPSA) is 86.6 Å². The van der Waals surface area contributed by atoms with Crippen LogP contribution in [0.15, 0.2) is 41.4 Å². The van der Waals surface area contributed by atoms with Gasteiger partial charge in [0.1, 0.15) is 35.6 Å². The van der Waals surface area contributed by atoms with Crippen molar-refractivity contribution in [3.05, 3.63) is 42.3 Å². The van der Waals surface area contributed by atoms with Gasteiger partial charge in [0.25, 0.3) is 0 Å². The molecule has 0 spiro atoms. The molecule has 2 bridgehead atoms. The number of halogens is 2. The molecule has 0 radical (unpaired) electrons. The average molecular weight is 605 g/mol. The van der Waals surface area contributed by atoms with E-state index in [4.69, 9.17) is 9.72 Å². The van der Waals surface area contributed by atoms with Crippen LogP contribution < -0.4 is 15.0 Å². The van der Waals surface area contributed by atoms with E-state index < -0.39 is 12.0 Å². The molecule has 2 unspecified atom stereocenters. The Kier molecular flexibility index (Phi) is 6.61. The van der Waals surface area contributed by atoms with Gasteiger partial charge in [0.15, 0.2) is 5.82 Å². The number of alkyl halides is 1. The first-order valence-electron chi connectivity index (χ1n) is 15.1. The molecule has 4 aliphatic heterocycles. The monoisotopic (exact) mass is 604 g/mol. The van der Waals surface area contributed by atoms with Gasteiger partial charge >= 0.3 is 6.01 Å². The van der Waals surface area contributed by atoms with E-state index in [1.54, 1.807) is 30.1 Å². The molecule has 2 aromatic heterocycles. The highest BCUT2D eigenvalue weighted by Gasteiger charge is 2.49. The summed E-state index contributed by atoms with van der Waals surface area (Å²) in [6.45, 7) is 3.05. The van der Waals surface area contributed by atoms with Gasteiger partial charge in [-0.05, 0) is 62.1 Å². The van der Waals surface area contributed by atoms with E-state index in [0.29, 0.717) is 41.8 Å². The van der Waals surface area contributed by atoms with Crippen molar-refractivity contribution in [1.82, 2.24) is 25.2 Å². The van der Waals surface area contributed by atoms with Crippen LogP contribution in [0.1, 0.15) is 32.1 Å². The number of benzene rings is 2. The molecule has 4 fully saturated rings. The lowest BCUT2D eigenvalue weighted by atomic mass is 9.95. The van der Waals surface area contributed by atoms with Crippen LogP contribution in [0.3, 0.4) is 0 Å². The van der Waals surface area contributed by atoms with Crippen molar-refractivity contribution in [2.24, 2.45) is 0 Å². The van der Waals surface area contributed by atoms with Crippen molar-refractivity contribution in [2.45, 2.75) is 60.8 Å². The van der Waals surface area contributed by atoms with Crippen LogP contribution in [0.4, 0.5) is 14.6 Å². The second kappa shape index (κ2) is 10.4. The first kappa shape index (κ1) is 27.3. The Bertz CT molecular complexity index is 1730. The van der Waals surface area contributed by atoms with Crippen LogP contribution in [0, 0.1) is 5.82 Å². The minimum absolute atomic E-state index is 0.0360. The molecule has 0 saturated carbocycles. The number of nitrogens with zero attached hydrogens (tertiary/aromatic N) is 5. The van der Waals surface area contributed by atoms with Crippen LogP contribution in [0.5, 0.6) is 11.8 Å². The molecule has 4 atom stereocenters. The number of pyridine rings is 1. The van der Waals surface area contributed by atoms with Crippen LogP contribution >= 0.6 is 11.8 Å². The molecule has 4 saturated heterocycles. The summed E-state index contributed by atoms with van der Waals surface area (Å²) < 4.78 is 37.5. The van der Waals surface area contributed by atoms with Gasteiger partial charge in [-0.2, -0.15) is 9.97 Å². The van der Waals surface area contributed by atoms with E-state index in [0.717, 1.165) is 61.0 Å². The van der Waals surface area contributed by atoms with Gasteiger partial charge in [0.05, 0.1) is 10.9 Å². The maximum atomic E-state index is 16.8. The lowest BCUT2D eigenvalue weighted by molar-refractivity contribution is 0.107. The lowest BCUT2D eigenvalue weighted by Gasteiger charge is -2.34. The fourth-order valence-electron chi connectivity index (χ4n) is 7.87. The summed E-state index contributed by atoms with van der Waals surface area (Å²) >= 11 is 1.56. The van der Waals surface area contributed by atoms with Crippen LogP contribution in [-0.2, 0) is 0 Å². The van der Waals surface area contributed by atoms with E-state index >= 15 is 4.39 Å². The first-order chi connectivity index (χ1) is 20.9. The summed E-state index contributed by atoms with van der Waals surface area (Å²) in [5, 5.41) is 16.4. The number of phenolic OH excluding ortho intramolecular Hbond substituents is 1. The molecule has 2 N–H and O–H groups in total. The molecule has 0 amide bonds. The predicted octanol–water partition coefficient (Wildman–Crippen LogP) is 5.31. The molecule has 6 heterocycles. The number of ether oxygens (including phenoxy) is 1. The first-order valence-corrected chi connectivity index (χ1v) is 16.3. The normalized spacial score (nSPS) is 27.0. The van der Waals surface area contributed by atoms with Gasteiger partial charge in [-0.3, -0.25) is 9.88 Å². The molecule has 43 heavy (non-hydrogen) atoms. The Labute approximate surface area is 252 Å². The highest BCUT2D eigenvalue weighted by atomic mass is 32.2. The highest BCUT2D eigenvalue weighted by Crippen LogP contribution is 2.42. The molecule has 2 aromatic carbocycles. The standard InChI is InChI=1S/C32H34F2N6O2S/c1-43-25-5-2-4-18-10-22(41)11-23(26(18)25)28-27(34)29-24(13-35-28)30(39-15-20-6-7-21(16-39)36-20)38-31(37-29)42-17-32-8-3-9-40(32)14-19(33)12-32/h2,4-5,10-11,13,19-21,36,41H,3,6-9,12,14-17H2,1H3/t19?,20-,21+,32?. The van der Waals surface area contributed by atoms with E-state index in [1.165, 1.54) is 0 Å². The summed E-state index contributed by atoms with van der Waals surface area (Å²) in [5.74, 6) is 0.0589. The van der Waals surface area contributed by atoms with Crippen LogP contribution in [0.2, 0.25) is 0 Å². The fourth-order valence-corrected chi connectivity index (χ4v) is 8.51. The molecule has 8 rings (SSSR count). The smallest absolute Gasteiger partial charge is 0.319 e. The van der Waals surface area contributed by atoms with E-state index in [1.807, 2.05) is 24.5 Å². The number of piperazine rings is 1. The minimum atomic E-state index is -0.873. The number of hydrogen-bond acceptors (Lipinski definition) is 9. The molecule has 8 nitrogen and oxygen atoms in total. The zero-order chi connectivity index (χ0) is 29.3. The number of phenols is 1. The summed E-state index contributed by atoms with van der Waals surface area (Å²) in [7, 11) is 0. The maximum absolute atomic E-state index is 16.8. The molecule has 11 heteroatoms. The third-order valence-corrected chi connectivity index (χ3v) is 10.6. The maximum Gasteiger partial charge on any atom is 0.319 e. The third-order valence-electron chi connectivity index (χ3n) is 9.79. The van der Waals surface area contributed by atoms with Crippen molar-refractivity contribution in [1.29, 1.82) is 0 Å². The molecular formula is C32H34F2N6O2S. The molecule has 4 aromatic rings. The number of nitrogens with one attached hydrogen (secondary N) is 1. The number of thioether (sulfide) groups is 1. The fraction of sp³-hybridized carbons (Fsp3) is 0.469. The SMILES string of the molecule is CSc1cccc2cc(O)cc(-c3ncc4c(N5C[C@H]6CC[C@@H](C5)N6)nc(OCC56CCCN5CC(F)C6)nc4c3F)c12. The van der Waals surface area contributed by atoms with Crippen molar-refractivity contribution >= 4 is 39.3 Å². The van der Waals surface area contributed by atoms with Crippen LogP contribution in [0.25, 0.3) is 32.9 Å². The Morgan fingerprint density at radius 2 is 2.00 bits per heavy atom. The number of aromatic hydroxyl groups is 1. The average Bonchev–Trinajstić information content (AvgIpc) is 3.65. The van der Waals surface area contributed by atoms with Crippen LogP contribution in [-0.4, -0.2) is 87.8 Å². The lowest BCUT2D eigenvalue weighted by Crippen LogP contribution is -2.51. The van der Waals surface area contributed by atoms with Crippen molar-refractivity contribution in [2.75, 3.05) is 43.9 Å². The van der Waals surface area contributed by atoms with Crippen molar-refractivity contribution in [3.63, 3.8) is 0 Å². The Balaban J connectivity index is 1.26. The zero-order valence-electron chi connectivity index (χ0n) is 24.0. The van der Waals surface area contributed by atoms with E-state index in [9.17, 15) is 9.50 Å². The number of anilines is 1. The predicted molar refractivity (Wildman–Crippen MR) is 164 cm³/mol. The van der Waals surface area contributed by atoms with Gasteiger partial charge in [-0.25, -0.2) is 8.78 Å². The third kappa shape index (κ3) is 4.58. The van der Waals surface area contributed by atoms with Gasteiger partial charge < -0.3 is 20.1 Å². The quantitative estimate of drug-likeness (QED) is 0.285. The molecular weight excluding hydrogens is 570 g/mol. The summed E-state index contributed by atoms with van der Waals surface area (Å²) in [6, 6.07) is 9.84.